The number of hydrogen-bond donors (Lipinski definition) is 1. The van der Waals surface area contributed by atoms with Crippen LogP contribution in [0.3, 0.4) is 0 Å². The number of carbonyl (C=O) groups excluding carboxylic acids is 2. The molecule has 1 heterocycles. The molecule has 4 rings (SSSR count). The molecular formula is C27H23N3O2S. The predicted molar refractivity (Wildman–Crippen MR) is 133 cm³/mol. The van der Waals surface area contributed by atoms with E-state index in [-0.39, 0.29) is 11.5 Å². The van der Waals surface area contributed by atoms with Crippen LogP contribution >= 0.6 is 11.8 Å². The number of nitriles is 1. The van der Waals surface area contributed by atoms with E-state index in [1.807, 2.05) is 42.5 Å². The summed E-state index contributed by atoms with van der Waals surface area (Å²) in [6, 6.07) is 28.3. The van der Waals surface area contributed by atoms with Crippen molar-refractivity contribution >= 4 is 35.0 Å². The molecule has 0 aliphatic carbocycles. The minimum atomic E-state index is -0.534. The summed E-state index contributed by atoms with van der Waals surface area (Å²) in [5.74, 6) is -0.672. The standard InChI is InChI=1S/C27H23N3O2S/c1-2-19-13-15-20(16-14-19)17-24-26(32)30(22-11-7-4-8-12-22)27(33-24)23(18-28)25(31)29-21-9-5-3-6-10-21/h3-16,24H,2,17H2,1H3,(H,29,31)/b27-23+/t24-/m0/s1. The van der Waals surface area contributed by atoms with Gasteiger partial charge in [-0.05, 0) is 48.2 Å². The Labute approximate surface area is 197 Å². The fourth-order valence-corrected chi connectivity index (χ4v) is 4.95. The second kappa shape index (κ2) is 10.2. The van der Waals surface area contributed by atoms with Crippen LogP contribution in [0.4, 0.5) is 11.4 Å². The van der Waals surface area contributed by atoms with Gasteiger partial charge in [-0.2, -0.15) is 5.26 Å². The van der Waals surface area contributed by atoms with Gasteiger partial charge >= 0.3 is 0 Å². The van der Waals surface area contributed by atoms with E-state index >= 15 is 0 Å². The number of carbonyl (C=O) groups is 2. The molecule has 0 radical (unpaired) electrons. The van der Waals surface area contributed by atoms with Crippen molar-refractivity contribution in [3.05, 3.63) is 107 Å². The van der Waals surface area contributed by atoms with Gasteiger partial charge in [-0.15, -0.1) is 0 Å². The van der Waals surface area contributed by atoms with Crippen LogP contribution in [-0.4, -0.2) is 17.1 Å². The summed E-state index contributed by atoms with van der Waals surface area (Å²) < 4.78 is 0. The Bertz CT molecular complexity index is 1220. The van der Waals surface area contributed by atoms with Gasteiger partial charge in [-0.3, -0.25) is 14.5 Å². The molecule has 0 unspecified atom stereocenters. The Morgan fingerprint density at radius 1 is 0.970 bits per heavy atom. The molecule has 1 atom stereocenters. The van der Waals surface area contributed by atoms with Crippen LogP contribution < -0.4 is 10.2 Å². The smallest absolute Gasteiger partial charge is 0.269 e. The number of anilines is 2. The molecule has 0 aromatic heterocycles. The highest BCUT2D eigenvalue weighted by Crippen LogP contribution is 2.42. The van der Waals surface area contributed by atoms with E-state index in [0.29, 0.717) is 22.8 Å². The average Bonchev–Trinajstić information content (AvgIpc) is 3.16. The maximum atomic E-state index is 13.5. The highest BCUT2D eigenvalue weighted by Gasteiger charge is 2.40. The first-order valence-corrected chi connectivity index (χ1v) is 11.6. The number of amides is 2. The second-order valence-corrected chi connectivity index (χ2v) is 8.79. The number of aryl methyl sites for hydroxylation is 1. The van der Waals surface area contributed by atoms with Crippen LogP contribution in [0, 0.1) is 11.3 Å². The van der Waals surface area contributed by atoms with Crippen molar-refractivity contribution in [2.24, 2.45) is 0 Å². The van der Waals surface area contributed by atoms with Crippen molar-refractivity contribution in [3.8, 4) is 6.07 Å². The van der Waals surface area contributed by atoms with Crippen LogP contribution in [0.2, 0.25) is 0 Å². The molecule has 1 saturated heterocycles. The number of nitrogens with zero attached hydrogens (tertiary/aromatic N) is 2. The molecule has 2 amide bonds. The average molecular weight is 454 g/mol. The molecule has 164 valence electrons. The van der Waals surface area contributed by atoms with Gasteiger partial charge in [-0.25, -0.2) is 0 Å². The molecule has 1 aliphatic rings. The van der Waals surface area contributed by atoms with Gasteiger partial charge in [0, 0.05) is 11.4 Å². The van der Waals surface area contributed by atoms with Gasteiger partial charge in [0.05, 0.1) is 5.25 Å². The number of nitrogens with one attached hydrogen (secondary N) is 1. The van der Waals surface area contributed by atoms with Gasteiger partial charge in [0.15, 0.2) is 0 Å². The van der Waals surface area contributed by atoms with Crippen molar-refractivity contribution < 1.29 is 9.59 Å². The third kappa shape index (κ3) is 5.00. The molecule has 0 saturated carbocycles. The third-order valence-electron chi connectivity index (χ3n) is 5.40. The van der Waals surface area contributed by atoms with Crippen molar-refractivity contribution in [2.75, 3.05) is 10.2 Å². The Kier molecular flexibility index (Phi) is 6.92. The minimum Gasteiger partial charge on any atom is -0.321 e. The zero-order valence-corrected chi connectivity index (χ0v) is 19.0. The number of para-hydroxylation sites is 2. The van der Waals surface area contributed by atoms with Crippen LogP contribution in [0.1, 0.15) is 18.1 Å². The number of thioether (sulfide) groups is 1. The van der Waals surface area contributed by atoms with Crippen LogP contribution in [0.25, 0.3) is 0 Å². The summed E-state index contributed by atoms with van der Waals surface area (Å²) >= 11 is 1.27. The zero-order valence-electron chi connectivity index (χ0n) is 18.2. The normalized spacial score (nSPS) is 16.9. The highest BCUT2D eigenvalue weighted by molar-refractivity contribution is 8.05. The Morgan fingerprint density at radius 2 is 1.58 bits per heavy atom. The summed E-state index contributed by atoms with van der Waals surface area (Å²) in [6.07, 6.45) is 1.47. The molecule has 1 aliphatic heterocycles. The van der Waals surface area contributed by atoms with Crippen molar-refractivity contribution in [3.63, 3.8) is 0 Å². The second-order valence-electron chi connectivity index (χ2n) is 7.60. The quantitative estimate of drug-likeness (QED) is 0.405. The summed E-state index contributed by atoms with van der Waals surface area (Å²) in [7, 11) is 0. The topological polar surface area (TPSA) is 73.2 Å². The van der Waals surface area contributed by atoms with Gasteiger partial charge in [-0.1, -0.05) is 79.3 Å². The fourth-order valence-electron chi connectivity index (χ4n) is 3.64. The summed E-state index contributed by atoms with van der Waals surface area (Å²) in [4.78, 5) is 28.0. The molecule has 1 N–H and O–H groups in total. The summed E-state index contributed by atoms with van der Waals surface area (Å²) in [5, 5.41) is 12.6. The van der Waals surface area contributed by atoms with E-state index < -0.39 is 11.2 Å². The van der Waals surface area contributed by atoms with Crippen molar-refractivity contribution in [2.45, 2.75) is 25.0 Å². The van der Waals surface area contributed by atoms with Gasteiger partial charge < -0.3 is 5.32 Å². The maximum absolute atomic E-state index is 13.5. The largest absolute Gasteiger partial charge is 0.321 e. The van der Waals surface area contributed by atoms with E-state index in [1.165, 1.54) is 22.2 Å². The van der Waals surface area contributed by atoms with Crippen LogP contribution in [0.15, 0.2) is 95.5 Å². The number of benzene rings is 3. The molecule has 6 heteroatoms. The lowest BCUT2D eigenvalue weighted by Gasteiger charge is -2.18. The molecule has 5 nitrogen and oxygen atoms in total. The van der Waals surface area contributed by atoms with Crippen LogP contribution in [0.5, 0.6) is 0 Å². The molecule has 0 bridgehead atoms. The van der Waals surface area contributed by atoms with Crippen molar-refractivity contribution in [1.29, 1.82) is 5.26 Å². The maximum Gasteiger partial charge on any atom is 0.269 e. The van der Waals surface area contributed by atoms with Gasteiger partial charge in [0.2, 0.25) is 5.91 Å². The number of rotatable bonds is 6. The summed E-state index contributed by atoms with van der Waals surface area (Å²) in [5.41, 5.74) is 3.42. The van der Waals surface area contributed by atoms with Gasteiger partial charge in [0.25, 0.3) is 5.91 Å². The van der Waals surface area contributed by atoms with Gasteiger partial charge in [0.1, 0.15) is 16.7 Å². The van der Waals surface area contributed by atoms with E-state index in [2.05, 4.69) is 24.4 Å². The molecule has 3 aromatic carbocycles. The zero-order chi connectivity index (χ0) is 23.2. The first-order chi connectivity index (χ1) is 16.1. The lowest BCUT2D eigenvalue weighted by molar-refractivity contribution is -0.117. The van der Waals surface area contributed by atoms with Crippen molar-refractivity contribution in [1.82, 2.24) is 0 Å². The lowest BCUT2D eigenvalue weighted by Crippen LogP contribution is -2.30. The first kappa shape index (κ1) is 22.4. The molecular weight excluding hydrogens is 430 g/mol. The Hall–Kier alpha value is -3.82. The van der Waals surface area contributed by atoms with E-state index in [4.69, 9.17) is 0 Å². The first-order valence-electron chi connectivity index (χ1n) is 10.7. The Morgan fingerprint density at radius 3 is 2.18 bits per heavy atom. The van der Waals surface area contributed by atoms with E-state index in [9.17, 15) is 14.9 Å². The SMILES string of the molecule is CCc1ccc(C[C@@H]2S/C(=C(\C#N)C(=O)Nc3ccccc3)N(c3ccccc3)C2=O)cc1. The molecule has 3 aromatic rings. The molecule has 33 heavy (non-hydrogen) atoms. The minimum absolute atomic E-state index is 0.0788. The van der Waals surface area contributed by atoms with E-state index in [1.54, 1.807) is 36.4 Å². The lowest BCUT2D eigenvalue weighted by atomic mass is 10.1. The predicted octanol–water partition coefficient (Wildman–Crippen LogP) is 5.31. The highest BCUT2D eigenvalue weighted by atomic mass is 32.2. The fraction of sp³-hybridized carbons (Fsp3) is 0.148. The van der Waals surface area contributed by atoms with E-state index in [0.717, 1.165) is 12.0 Å². The monoisotopic (exact) mass is 453 g/mol. The summed E-state index contributed by atoms with van der Waals surface area (Å²) in [6.45, 7) is 2.10. The van der Waals surface area contributed by atoms with Crippen LogP contribution in [-0.2, 0) is 22.4 Å². The molecule has 0 spiro atoms. The number of hydrogen-bond acceptors (Lipinski definition) is 4. The molecule has 1 fully saturated rings. The Balaban J connectivity index is 1.69. The third-order valence-corrected chi connectivity index (χ3v) is 6.67.